The van der Waals surface area contributed by atoms with Gasteiger partial charge >= 0.3 is 6.18 Å². The van der Waals surface area contributed by atoms with Crippen molar-refractivity contribution in [3.63, 3.8) is 0 Å². The van der Waals surface area contributed by atoms with Crippen molar-refractivity contribution in [1.82, 2.24) is 19.9 Å². The van der Waals surface area contributed by atoms with Gasteiger partial charge in [-0.1, -0.05) is 19.4 Å². The monoisotopic (exact) mass is 442 g/mol. The number of alkyl halides is 3. The molecule has 2 aromatic heterocycles. The summed E-state index contributed by atoms with van der Waals surface area (Å²) in [7, 11) is 0. The summed E-state index contributed by atoms with van der Waals surface area (Å²) in [6.45, 7) is 4.08. The Morgan fingerprint density at radius 2 is 2.04 bits per heavy atom. The first-order valence-electron chi connectivity index (χ1n) is 9.35. The molecule has 0 spiro atoms. The zero-order valence-corrected chi connectivity index (χ0v) is 16.5. The molecule has 8 heteroatoms. The Morgan fingerprint density at radius 3 is 2.70 bits per heavy atom. The van der Waals surface area contributed by atoms with Gasteiger partial charge < -0.3 is 5.32 Å². The summed E-state index contributed by atoms with van der Waals surface area (Å²) >= 11 is 3.61. The maximum Gasteiger partial charge on any atom is 0.389 e. The number of fused-ring (bicyclic) bond motifs is 1. The minimum Gasteiger partial charge on any atom is -0.381 e. The van der Waals surface area contributed by atoms with Crippen molar-refractivity contribution in [2.45, 2.75) is 57.2 Å². The molecule has 4 nitrogen and oxygen atoms in total. The molecule has 4 rings (SSSR count). The molecule has 0 saturated heterocycles. The molecule has 2 heterocycles. The van der Waals surface area contributed by atoms with E-state index in [0.29, 0.717) is 18.5 Å². The van der Waals surface area contributed by atoms with Gasteiger partial charge in [0.05, 0.1) is 21.6 Å². The van der Waals surface area contributed by atoms with Gasteiger partial charge in [0.25, 0.3) is 0 Å². The quantitative estimate of drug-likeness (QED) is 0.646. The van der Waals surface area contributed by atoms with Crippen LogP contribution in [-0.2, 0) is 6.42 Å². The summed E-state index contributed by atoms with van der Waals surface area (Å²) < 4.78 is 40.0. The summed E-state index contributed by atoms with van der Waals surface area (Å²) in [6.07, 6.45) is 2.63. The van der Waals surface area contributed by atoms with E-state index in [1.54, 1.807) is 10.7 Å². The maximum atomic E-state index is 12.5. The summed E-state index contributed by atoms with van der Waals surface area (Å²) in [4.78, 5) is 4.41. The molecule has 2 aromatic rings. The fourth-order valence-corrected chi connectivity index (χ4v) is 4.31. The van der Waals surface area contributed by atoms with Gasteiger partial charge in [-0.2, -0.15) is 18.3 Å². The van der Waals surface area contributed by atoms with Crippen LogP contribution in [0.2, 0.25) is 0 Å². The van der Waals surface area contributed by atoms with Gasteiger partial charge in [-0.3, -0.25) is 0 Å². The van der Waals surface area contributed by atoms with Crippen LogP contribution in [0.4, 0.5) is 13.2 Å². The second kappa shape index (κ2) is 7.11. The van der Waals surface area contributed by atoms with Crippen LogP contribution in [-0.4, -0.2) is 26.8 Å². The van der Waals surface area contributed by atoms with Crippen molar-refractivity contribution in [3.8, 4) is 0 Å². The van der Waals surface area contributed by atoms with E-state index in [9.17, 15) is 13.2 Å². The molecule has 0 radical (unpaired) electrons. The van der Waals surface area contributed by atoms with Crippen LogP contribution < -0.4 is 5.32 Å². The third-order valence-electron chi connectivity index (χ3n) is 5.46. The predicted octanol–water partition coefficient (Wildman–Crippen LogP) is 5.13. The fraction of sp³-hybridized carbons (Fsp3) is 0.579. The number of halogens is 4. The van der Waals surface area contributed by atoms with Crippen molar-refractivity contribution in [2.24, 2.45) is 11.8 Å². The van der Waals surface area contributed by atoms with Crippen LogP contribution in [0.25, 0.3) is 11.3 Å². The molecule has 0 amide bonds. The molecular formula is C19H22BrF3N4. The minimum absolute atomic E-state index is 0.0291. The second-order valence-corrected chi connectivity index (χ2v) is 8.58. The molecular weight excluding hydrogens is 421 g/mol. The van der Waals surface area contributed by atoms with Gasteiger partial charge in [0.1, 0.15) is 0 Å². The number of rotatable bonds is 7. The van der Waals surface area contributed by atoms with E-state index in [-0.39, 0.29) is 12.0 Å². The Kier molecular flexibility index (Phi) is 4.94. The number of nitrogens with one attached hydrogen (secondary N) is 1. The first-order chi connectivity index (χ1) is 12.8. The van der Waals surface area contributed by atoms with Crippen LogP contribution in [0.3, 0.4) is 0 Å². The third-order valence-corrected chi connectivity index (χ3v) is 6.27. The van der Waals surface area contributed by atoms with Gasteiger partial charge in [0, 0.05) is 18.7 Å². The van der Waals surface area contributed by atoms with Crippen molar-refractivity contribution >= 4 is 27.3 Å². The van der Waals surface area contributed by atoms with Crippen LogP contribution in [0.5, 0.6) is 0 Å². The molecule has 2 aliphatic rings. The largest absolute Gasteiger partial charge is 0.389 e. The van der Waals surface area contributed by atoms with E-state index in [1.807, 2.05) is 6.07 Å². The summed E-state index contributed by atoms with van der Waals surface area (Å²) in [5.74, 6) is 0.537. The van der Waals surface area contributed by atoms with E-state index in [0.717, 1.165) is 40.3 Å². The van der Waals surface area contributed by atoms with Gasteiger partial charge in [0.15, 0.2) is 5.65 Å². The van der Waals surface area contributed by atoms with Crippen LogP contribution in [0.1, 0.15) is 49.9 Å². The molecule has 2 fully saturated rings. The van der Waals surface area contributed by atoms with Gasteiger partial charge in [-0.25, -0.2) is 9.50 Å². The number of aromatic nitrogens is 3. The molecule has 0 aliphatic heterocycles. The van der Waals surface area contributed by atoms with Crippen LogP contribution in [0, 0.1) is 11.8 Å². The molecule has 2 saturated carbocycles. The van der Waals surface area contributed by atoms with Crippen LogP contribution >= 0.6 is 15.9 Å². The Hall–Kier alpha value is -1.57. The molecule has 0 unspecified atom stereocenters. The molecule has 0 bridgehead atoms. The summed E-state index contributed by atoms with van der Waals surface area (Å²) in [5, 5.41) is 7.97. The number of hydrogen-bond acceptors (Lipinski definition) is 3. The number of nitrogens with zero attached hydrogens (tertiary/aromatic N) is 3. The van der Waals surface area contributed by atoms with Crippen LogP contribution in [0.15, 0.2) is 23.3 Å². The molecule has 146 valence electrons. The lowest BCUT2D eigenvalue weighted by molar-refractivity contribution is -0.151. The standard InChI is InChI=1S/C19H22BrF3N4/c1-11(25-14-8-13(9-14)10-19(21,22)23)16-6-7-24-18-17(20)15(26-27(16)18)5-4-12-2-3-12/h6-7,12-14,25H,1-5,8-10H2. The topological polar surface area (TPSA) is 42.2 Å². The molecule has 0 atom stereocenters. The third kappa shape index (κ3) is 4.31. The lowest BCUT2D eigenvalue weighted by Gasteiger charge is -2.37. The van der Waals surface area contributed by atoms with Crippen molar-refractivity contribution in [3.05, 3.63) is 34.7 Å². The zero-order valence-electron chi connectivity index (χ0n) is 14.9. The van der Waals surface area contributed by atoms with Crippen molar-refractivity contribution in [1.29, 1.82) is 0 Å². The molecule has 0 aromatic carbocycles. The lowest BCUT2D eigenvalue weighted by Crippen LogP contribution is -2.41. The highest BCUT2D eigenvalue weighted by molar-refractivity contribution is 9.10. The summed E-state index contributed by atoms with van der Waals surface area (Å²) in [6, 6.07) is 1.86. The highest BCUT2D eigenvalue weighted by Gasteiger charge is 2.39. The summed E-state index contributed by atoms with van der Waals surface area (Å²) in [5.41, 5.74) is 3.19. The highest BCUT2D eigenvalue weighted by Crippen LogP contribution is 2.38. The Bertz CT molecular complexity index is 850. The normalized spacial score (nSPS) is 22.7. The molecule has 2 aliphatic carbocycles. The van der Waals surface area contributed by atoms with E-state index in [2.05, 4.69) is 32.8 Å². The van der Waals surface area contributed by atoms with Gasteiger partial charge in [-0.05, 0) is 59.5 Å². The second-order valence-electron chi connectivity index (χ2n) is 7.78. The Morgan fingerprint density at radius 1 is 1.30 bits per heavy atom. The number of hydrogen-bond donors (Lipinski definition) is 1. The van der Waals surface area contributed by atoms with Gasteiger partial charge in [0.2, 0.25) is 0 Å². The van der Waals surface area contributed by atoms with E-state index < -0.39 is 12.6 Å². The van der Waals surface area contributed by atoms with E-state index in [1.165, 1.54) is 12.8 Å². The fourth-order valence-electron chi connectivity index (χ4n) is 3.77. The maximum absolute atomic E-state index is 12.5. The van der Waals surface area contributed by atoms with E-state index >= 15 is 0 Å². The molecule has 1 N–H and O–H groups in total. The molecule has 27 heavy (non-hydrogen) atoms. The lowest BCUT2D eigenvalue weighted by atomic mass is 9.78. The predicted molar refractivity (Wildman–Crippen MR) is 101 cm³/mol. The average molecular weight is 443 g/mol. The first kappa shape index (κ1) is 18.8. The smallest absolute Gasteiger partial charge is 0.381 e. The SMILES string of the molecule is C=C(NC1CC(CC(F)(F)F)C1)c1ccnc2c(Br)c(CCC3CC3)nn12. The van der Waals surface area contributed by atoms with Gasteiger partial charge in [-0.15, -0.1) is 0 Å². The number of aryl methyl sites for hydroxylation is 1. The van der Waals surface area contributed by atoms with E-state index in [4.69, 9.17) is 5.10 Å². The zero-order chi connectivity index (χ0) is 19.2. The average Bonchev–Trinajstić information content (AvgIpc) is 3.33. The minimum atomic E-state index is -4.08. The Balaban J connectivity index is 1.43. The first-order valence-corrected chi connectivity index (χ1v) is 10.1. The van der Waals surface area contributed by atoms with Crippen molar-refractivity contribution in [2.75, 3.05) is 0 Å². The highest BCUT2D eigenvalue weighted by atomic mass is 79.9. The Labute approximate surface area is 164 Å². The van der Waals surface area contributed by atoms with Crippen molar-refractivity contribution < 1.29 is 13.2 Å².